The first-order valence-corrected chi connectivity index (χ1v) is 7.13. The van der Waals surface area contributed by atoms with Crippen molar-refractivity contribution in [1.82, 2.24) is 9.55 Å². The van der Waals surface area contributed by atoms with E-state index in [1.54, 1.807) is 13.1 Å². The Bertz CT molecular complexity index is 617. The van der Waals surface area contributed by atoms with Crippen LogP contribution in [0, 0.1) is 13.8 Å². The number of carbonyl (C=O) groups excluding carboxylic acids is 1. The topological polar surface area (TPSA) is 34.9 Å². The van der Waals surface area contributed by atoms with Crippen molar-refractivity contribution in [3.05, 3.63) is 53.1 Å². The van der Waals surface area contributed by atoms with Crippen LogP contribution in [0.1, 0.15) is 47.2 Å². The normalized spacial score (nSPS) is 14.1. The van der Waals surface area contributed by atoms with E-state index in [9.17, 15) is 4.79 Å². The Kier molecular flexibility index (Phi) is 4.29. The molecule has 0 aliphatic rings. The van der Waals surface area contributed by atoms with Crippen LogP contribution in [-0.2, 0) is 0 Å². The van der Waals surface area contributed by atoms with Crippen LogP contribution >= 0.6 is 11.6 Å². The largest absolute Gasteiger partial charge is 0.341 e. The van der Waals surface area contributed by atoms with Crippen LogP contribution in [0.15, 0.2) is 30.6 Å². The molecular formula is C16H19ClN2O. The van der Waals surface area contributed by atoms with E-state index >= 15 is 0 Å². The molecule has 2 aromatic heterocycles. The maximum Gasteiger partial charge on any atom is 0.182 e. The Balaban J connectivity index is 2.46. The van der Waals surface area contributed by atoms with Gasteiger partial charge in [-0.05, 0) is 45.4 Å². The molecular weight excluding hydrogens is 272 g/mol. The molecule has 2 unspecified atom stereocenters. The molecule has 0 aliphatic heterocycles. The number of alkyl halides is 1. The van der Waals surface area contributed by atoms with Gasteiger partial charge >= 0.3 is 0 Å². The minimum atomic E-state index is -0.502. The highest BCUT2D eigenvalue weighted by Crippen LogP contribution is 2.26. The van der Waals surface area contributed by atoms with Gasteiger partial charge in [0.1, 0.15) is 0 Å². The highest BCUT2D eigenvalue weighted by Gasteiger charge is 2.21. The molecule has 0 aromatic carbocycles. The van der Waals surface area contributed by atoms with Crippen LogP contribution in [0.25, 0.3) is 0 Å². The summed E-state index contributed by atoms with van der Waals surface area (Å²) in [4.78, 5) is 16.3. The number of rotatable bonds is 4. The molecule has 0 saturated heterocycles. The van der Waals surface area contributed by atoms with Crippen molar-refractivity contribution in [3.63, 3.8) is 0 Å². The zero-order valence-corrected chi connectivity index (χ0v) is 13.0. The fourth-order valence-corrected chi connectivity index (χ4v) is 2.73. The van der Waals surface area contributed by atoms with Crippen LogP contribution in [0.5, 0.6) is 0 Å². The van der Waals surface area contributed by atoms with Crippen LogP contribution in [0.4, 0.5) is 0 Å². The third-order valence-electron chi connectivity index (χ3n) is 3.67. The highest BCUT2D eigenvalue weighted by molar-refractivity contribution is 6.33. The molecule has 0 spiro atoms. The first kappa shape index (κ1) is 14.8. The summed E-state index contributed by atoms with van der Waals surface area (Å²) in [5.41, 5.74) is 3.84. The molecule has 3 nitrogen and oxygen atoms in total. The Hall–Kier alpha value is -1.61. The number of ketones is 1. The number of halogens is 1. The maximum absolute atomic E-state index is 12.1. The minimum absolute atomic E-state index is 0.0237. The molecule has 0 aliphatic carbocycles. The Morgan fingerprint density at radius 3 is 2.60 bits per heavy atom. The first-order chi connectivity index (χ1) is 9.43. The summed E-state index contributed by atoms with van der Waals surface area (Å²) in [6.45, 7) is 7.79. The summed E-state index contributed by atoms with van der Waals surface area (Å²) in [5.74, 6) is -0.0237. The molecule has 20 heavy (non-hydrogen) atoms. The molecule has 0 amide bonds. The van der Waals surface area contributed by atoms with Gasteiger partial charge in [0, 0.05) is 29.3 Å². The summed E-state index contributed by atoms with van der Waals surface area (Å²) in [5, 5.41) is -0.502. The van der Waals surface area contributed by atoms with Crippen molar-refractivity contribution in [2.45, 2.75) is 39.1 Å². The summed E-state index contributed by atoms with van der Waals surface area (Å²) >= 11 is 5.92. The van der Waals surface area contributed by atoms with Gasteiger partial charge in [-0.2, -0.15) is 0 Å². The van der Waals surface area contributed by atoms with Crippen LogP contribution in [-0.4, -0.2) is 20.7 Å². The van der Waals surface area contributed by atoms with Crippen molar-refractivity contribution in [2.75, 3.05) is 0 Å². The Morgan fingerprint density at radius 2 is 2.05 bits per heavy atom. The number of pyridine rings is 1. The van der Waals surface area contributed by atoms with Gasteiger partial charge in [-0.25, -0.2) is 0 Å². The molecule has 0 fully saturated rings. The molecule has 0 bridgehead atoms. The van der Waals surface area contributed by atoms with Gasteiger partial charge in [0.25, 0.3) is 0 Å². The van der Waals surface area contributed by atoms with E-state index in [0.717, 1.165) is 17.0 Å². The number of carbonyl (C=O) groups is 1. The van der Waals surface area contributed by atoms with Crippen molar-refractivity contribution >= 4 is 17.4 Å². The molecule has 0 N–H and O–H groups in total. The van der Waals surface area contributed by atoms with Gasteiger partial charge in [-0.3, -0.25) is 9.78 Å². The second kappa shape index (κ2) is 5.80. The summed E-state index contributed by atoms with van der Waals surface area (Å²) < 4.78 is 2.16. The molecule has 2 aromatic rings. The lowest BCUT2D eigenvalue weighted by Gasteiger charge is -2.19. The minimum Gasteiger partial charge on any atom is -0.341 e. The number of Topliss-reactive ketones (excluding diaryl/α,β-unsaturated/α-hetero) is 1. The fourth-order valence-electron chi connectivity index (χ4n) is 2.61. The van der Waals surface area contributed by atoms with Crippen LogP contribution in [0.3, 0.4) is 0 Å². The van der Waals surface area contributed by atoms with Gasteiger partial charge in [-0.1, -0.05) is 6.07 Å². The zero-order valence-electron chi connectivity index (χ0n) is 12.2. The van der Waals surface area contributed by atoms with Gasteiger partial charge in [-0.15, -0.1) is 11.6 Å². The molecule has 2 heterocycles. The standard InChI is InChI=1S/C16H19ClN2O/c1-10-8-15(16(20)11(2)17)13(4)19(10)12(3)14-6-5-7-18-9-14/h5-9,11-12H,1-4H3. The second-order valence-electron chi connectivity index (χ2n) is 5.10. The van der Waals surface area contributed by atoms with E-state index in [1.165, 1.54) is 0 Å². The molecule has 2 atom stereocenters. The van der Waals surface area contributed by atoms with Gasteiger partial charge in [0.2, 0.25) is 0 Å². The van der Waals surface area contributed by atoms with E-state index in [1.807, 2.05) is 38.2 Å². The van der Waals surface area contributed by atoms with E-state index in [4.69, 9.17) is 11.6 Å². The van der Waals surface area contributed by atoms with E-state index in [0.29, 0.717) is 5.56 Å². The van der Waals surface area contributed by atoms with Gasteiger partial charge < -0.3 is 4.57 Å². The highest BCUT2D eigenvalue weighted by atomic mass is 35.5. The zero-order chi connectivity index (χ0) is 14.9. The van der Waals surface area contributed by atoms with Gasteiger partial charge in [0.15, 0.2) is 5.78 Å². The van der Waals surface area contributed by atoms with Crippen molar-refractivity contribution in [2.24, 2.45) is 0 Å². The third-order valence-corrected chi connectivity index (χ3v) is 3.86. The number of aromatic nitrogens is 2. The first-order valence-electron chi connectivity index (χ1n) is 6.70. The maximum atomic E-state index is 12.1. The summed E-state index contributed by atoms with van der Waals surface area (Å²) in [6, 6.07) is 6.02. The predicted octanol–water partition coefficient (Wildman–Crippen LogP) is 3.92. The summed E-state index contributed by atoms with van der Waals surface area (Å²) in [7, 11) is 0. The molecule has 0 saturated carbocycles. The van der Waals surface area contributed by atoms with E-state index < -0.39 is 5.38 Å². The van der Waals surface area contributed by atoms with Crippen molar-refractivity contribution in [3.8, 4) is 0 Å². The smallest absolute Gasteiger partial charge is 0.182 e. The summed E-state index contributed by atoms with van der Waals surface area (Å²) in [6.07, 6.45) is 3.62. The number of nitrogens with zero attached hydrogens (tertiary/aromatic N) is 2. The molecule has 106 valence electrons. The fraction of sp³-hybridized carbons (Fsp3) is 0.375. The molecule has 4 heteroatoms. The van der Waals surface area contributed by atoms with Crippen molar-refractivity contribution in [1.29, 1.82) is 0 Å². The number of aryl methyl sites for hydroxylation is 1. The van der Waals surface area contributed by atoms with Crippen LogP contribution in [0.2, 0.25) is 0 Å². The Labute approximate surface area is 124 Å². The number of hydrogen-bond donors (Lipinski definition) is 0. The molecule has 2 rings (SSSR count). The average Bonchev–Trinajstić information content (AvgIpc) is 2.73. The second-order valence-corrected chi connectivity index (χ2v) is 5.75. The average molecular weight is 291 g/mol. The lowest BCUT2D eigenvalue weighted by molar-refractivity contribution is 0.0991. The SMILES string of the molecule is Cc1cc(C(=O)C(C)Cl)c(C)n1C(C)c1cccnc1. The van der Waals surface area contributed by atoms with Gasteiger partial charge in [0.05, 0.1) is 11.4 Å². The van der Waals surface area contributed by atoms with Crippen LogP contribution < -0.4 is 0 Å². The van der Waals surface area contributed by atoms with E-state index in [2.05, 4.69) is 16.5 Å². The third kappa shape index (κ3) is 2.63. The van der Waals surface area contributed by atoms with E-state index in [-0.39, 0.29) is 11.8 Å². The monoisotopic (exact) mass is 290 g/mol. The lowest BCUT2D eigenvalue weighted by Crippen LogP contribution is -2.14. The van der Waals surface area contributed by atoms with Crippen molar-refractivity contribution < 1.29 is 4.79 Å². The Morgan fingerprint density at radius 1 is 1.35 bits per heavy atom. The predicted molar refractivity (Wildman–Crippen MR) is 81.6 cm³/mol. The quantitative estimate of drug-likeness (QED) is 0.632. The lowest BCUT2D eigenvalue weighted by atomic mass is 10.1. The molecule has 0 radical (unpaired) electrons. The number of hydrogen-bond acceptors (Lipinski definition) is 2.